The van der Waals surface area contributed by atoms with E-state index < -0.39 is 0 Å². The van der Waals surface area contributed by atoms with Gasteiger partial charge in [-0.25, -0.2) is 0 Å². The van der Waals surface area contributed by atoms with Crippen molar-refractivity contribution >= 4 is 33.8 Å². The fourth-order valence-electron chi connectivity index (χ4n) is 3.49. The smallest absolute Gasteiger partial charge is 0.185 e. The van der Waals surface area contributed by atoms with Gasteiger partial charge in [0, 0.05) is 22.5 Å². The number of halogens is 1. The largest absolute Gasteiger partial charge is 0.395 e. The molecule has 2 aromatic heterocycles. The van der Waals surface area contributed by atoms with Gasteiger partial charge in [-0.3, -0.25) is 4.40 Å². The highest BCUT2D eigenvalue weighted by molar-refractivity contribution is 6.31. The minimum atomic E-state index is 0.613. The second-order valence-corrected chi connectivity index (χ2v) is 7.23. The summed E-state index contributed by atoms with van der Waals surface area (Å²) in [5, 5.41) is 10.2. The number of aromatic nitrogens is 3. The number of hydrogen-bond donors (Lipinski definition) is 1. The molecule has 5 nitrogen and oxygen atoms in total. The van der Waals surface area contributed by atoms with Gasteiger partial charge in [-0.15, -0.1) is 10.2 Å². The zero-order valence-electron chi connectivity index (χ0n) is 15.0. The van der Waals surface area contributed by atoms with Gasteiger partial charge in [0.25, 0.3) is 0 Å². The Labute approximate surface area is 157 Å². The van der Waals surface area contributed by atoms with E-state index in [2.05, 4.69) is 53.5 Å². The fraction of sp³-hybridized carbons (Fsp3) is 0.200. The lowest BCUT2D eigenvalue weighted by Gasteiger charge is -2.15. The number of nitrogen functional groups attached to an aromatic ring is 1. The molecule has 0 radical (unpaired) electrons. The normalized spacial score (nSPS) is 11.7. The van der Waals surface area contributed by atoms with Gasteiger partial charge in [-0.1, -0.05) is 29.8 Å². The van der Waals surface area contributed by atoms with Gasteiger partial charge in [-0.05, 0) is 56.4 Å². The molecule has 0 unspecified atom stereocenters. The van der Waals surface area contributed by atoms with E-state index in [4.69, 9.17) is 17.3 Å². The van der Waals surface area contributed by atoms with Crippen molar-refractivity contribution in [1.82, 2.24) is 19.5 Å². The molecule has 26 heavy (non-hydrogen) atoms. The summed E-state index contributed by atoms with van der Waals surface area (Å²) >= 11 is 6.31. The molecule has 4 rings (SSSR count). The third kappa shape index (κ3) is 2.69. The first-order chi connectivity index (χ1) is 12.5. The van der Waals surface area contributed by atoms with Crippen LogP contribution in [0.2, 0.25) is 5.02 Å². The zero-order chi connectivity index (χ0) is 18.4. The molecule has 4 aromatic rings. The van der Waals surface area contributed by atoms with Crippen LogP contribution < -0.4 is 5.73 Å². The minimum absolute atomic E-state index is 0.613. The summed E-state index contributed by atoms with van der Waals surface area (Å²) in [7, 11) is 4.11. The van der Waals surface area contributed by atoms with Crippen LogP contribution >= 0.6 is 11.6 Å². The maximum atomic E-state index is 6.55. The van der Waals surface area contributed by atoms with Crippen molar-refractivity contribution in [2.45, 2.75) is 13.5 Å². The number of fused-ring (bicyclic) bond motifs is 3. The highest BCUT2D eigenvalue weighted by Crippen LogP contribution is 2.38. The monoisotopic (exact) mass is 365 g/mol. The van der Waals surface area contributed by atoms with Crippen LogP contribution in [0.5, 0.6) is 0 Å². The summed E-state index contributed by atoms with van der Waals surface area (Å²) < 4.78 is 1.98. The highest BCUT2D eigenvalue weighted by Gasteiger charge is 2.18. The second-order valence-electron chi connectivity index (χ2n) is 6.79. The first-order valence-corrected chi connectivity index (χ1v) is 8.80. The summed E-state index contributed by atoms with van der Waals surface area (Å²) in [6.45, 7) is 2.78. The Bertz CT molecular complexity index is 1130. The molecule has 0 spiro atoms. The van der Waals surface area contributed by atoms with Crippen LogP contribution in [-0.4, -0.2) is 33.6 Å². The number of rotatable bonds is 3. The lowest BCUT2D eigenvalue weighted by molar-refractivity contribution is 0.402. The van der Waals surface area contributed by atoms with Crippen molar-refractivity contribution in [2.75, 3.05) is 19.8 Å². The molecule has 0 aliphatic heterocycles. The molecule has 2 heterocycles. The number of pyridine rings is 1. The third-order valence-corrected chi connectivity index (χ3v) is 4.75. The quantitative estimate of drug-likeness (QED) is 0.592. The molecule has 0 atom stereocenters. The topological polar surface area (TPSA) is 59.5 Å². The van der Waals surface area contributed by atoms with Gasteiger partial charge in [0.15, 0.2) is 5.65 Å². The van der Waals surface area contributed by atoms with Crippen LogP contribution in [0.15, 0.2) is 42.5 Å². The molecule has 0 aliphatic rings. The number of nitrogens with zero attached hydrogens (tertiary/aromatic N) is 4. The van der Waals surface area contributed by atoms with E-state index >= 15 is 0 Å². The van der Waals surface area contributed by atoms with E-state index in [9.17, 15) is 0 Å². The summed E-state index contributed by atoms with van der Waals surface area (Å²) in [4.78, 5) is 2.14. The predicted octanol–water partition coefficient (Wildman–Crippen LogP) is 4.16. The van der Waals surface area contributed by atoms with E-state index in [0.29, 0.717) is 16.4 Å². The fourth-order valence-corrected chi connectivity index (χ4v) is 3.66. The number of hydrogen-bond acceptors (Lipinski definition) is 4. The predicted molar refractivity (Wildman–Crippen MR) is 107 cm³/mol. The Morgan fingerprint density at radius 1 is 1.12 bits per heavy atom. The third-order valence-electron chi connectivity index (χ3n) is 4.52. The van der Waals surface area contributed by atoms with Crippen molar-refractivity contribution in [3.8, 4) is 11.1 Å². The number of aryl methyl sites for hydroxylation is 1. The van der Waals surface area contributed by atoms with Crippen molar-refractivity contribution in [2.24, 2.45) is 0 Å². The average Bonchev–Trinajstić information content (AvgIpc) is 2.97. The summed E-state index contributed by atoms with van der Waals surface area (Å²) in [5.41, 5.74) is 12.1. The minimum Gasteiger partial charge on any atom is -0.395 e. The highest BCUT2D eigenvalue weighted by atomic mass is 35.5. The Hall–Kier alpha value is -2.63. The van der Waals surface area contributed by atoms with E-state index in [-0.39, 0.29) is 0 Å². The summed E-state index contributed by atoms with van der Waals surface area (Å²) in [6, 6.07) is 14.3. The number of nitrogens with two attached hydrogens (primary N) is 1. The van der Waals surface area contributed by atoms with Crippen LogP contribution in [0.4, 0.5) is 5.69 Å². The van der Waals surface area contributed by atoms with Crippen LogP contribution in [-0.2, 0) is 6.54 Å². The molecule has 2 N–H and O–H groups in total. The number of anilines is 1. The van der Waals surface area contributed by atoms with E-state index in [1.54, 1.807) is 0 Å². The van der Waals surface area contributed by atoms with E-state index in [1.807, 2.05) is 29.5 Å². The Morgan fingerprint density at radius 2 is 1.92 bits per heavy atom. The SMILES string of the molecule is Cc1nnc2c(N)c(-c3cccc(CN(C)C)c3)c3cc(Cl)ccc3n12. The van der Waals surface area contributed by atoms with Crippen molar-refractivity contribution in [1.29, 1.82) is 0 Å². The van der Waals surface area contributed by atoms with Crippen molar-refractivity contribution in [3.05, 3.63) is 58.9 Å². The molecule has 0 aliphatic carbocycles. The molecular weight excluding hydrogens is 346 g/mol. The molecular formula is C20H20ClN5. The first-order valence-electron chi connectivity index (χ1n) is 8.42. The molecule has 0 fully saturated rings. The van der Waals surface area contributed by atoms with Gasteiger partial charge in [0.05, 0.1) is 11.2 Å². The lowest BCUT2D eigenvalue weighted by Crippen LogP contribution is -2.10. The Kier molecular flexibility index (Phi) is 4.05. The first kappa shape index (κ1) is 16.8. The number of benzene rings is 2. The maximum absolute atomic E-state index is 6.55. The Morgan fingerprint density at radius 3 is 2.69 bits per heavy atom. The Balaban J connectivity index is 2.08. The molecule has 6 heteroatoms. The maximum Gasteiger partial charge on any atom is 0.185 e. The van der Waals surface area contributed by atoms with Gasteiger partial charge in [0.2, 0.25) is 0 Å². The van der Waals surface area contributed by atoms with Crippen molar-refractivity contribution in [3.63, 3.8) is 0 Å². The van der Waals surface area contributed by atoms with Gasteiger partial charge >= 0.3 is 0 Å². The average molecular weight is 366 g/mol. The molecule has 132 valence electrons. The van der Waals surface area contributed by atoms with Crippen LogP contribution in [0.1, 0.15) is 11.4 Å². The standard InChI is InChI=1S/C20H20ClN5/c1-12-23-24-20-19(22)18(14-6-4-5-13(9-14)11-25(2)3)16-10-15(21)7-8-17(16)26(12)20/h4-10H,11,22H2,1-3H3. The van der Waals surface area contributed by atoms with Gasteiger partial charge in [-0.2, -0.15) is 0 Å². The summed E-state index contributed by atoms with van der Waals surface area (Å²) in [6.07, 6.45) is 0. The van der Waals surface area contributed by atoms with E-state index in [1.165, 1.54) is 5.56 Å². The zero-order valence-corrected chi connectivity index (χ0v) is 15.7. The molecule has 0 saturated heterocycles. The lowest BCUT2D eigenvalue weighted by atomic mass is 9.97. The van der Waals surface area contributed by atoms with E-state index in [0.717, 1.165) is 34.4 Å². The van der Waals surface area contributed by atoms with Gasteiger partial charge < -0.3 is 10.6 Å². The molecule has 0 amide bonds. The van der Waals surface area contributed by atoms with Crippen LogP contribution in [0, 0.1) is 6.92 Å². The second kappa shape index (κ2) is 6.27. The molecule has 2 aromatic carbocycles. The summed E-state index contributed by atoms with van der Waals surface area (Å²) in [5.74, 6) is 0.798. The molecule has 0 saturated carbocycles. The van der Waals surface area contributed by atoms with Crippen molar-refractivity contribution < 1.29 is 0 Å². The van der Waals surface area contributed by atoms with Crippen LogP contribution in [0.25, 0.3) is 27.7 Å². The molecule has 0 bridgehead atoms. The van der Waals surface area contributed by atoms with Gasteiger partial charge in [0.1, 0.15) is 5.82 Å². The van der Waals surface area contributed by atoms with Crippen LogP contribution in [0.3, 0.4) is 0 Å².